The molecule has 0 spiro atoms. The Balaban J connectivity index is 2.03. The van der Waals surface area contributed by atoms with Gasteiger partial charge in [0.15, 0.2) is 0 Å². The van der Waals surface area contributed by atoms with Gasteiger partial charge in [-0.3, -0.25) is 14.4 Å². The zero-order chi connectivity index (χ0) is 16.3. The fourth-order valence-electron chi connectivity index (χ4n) is 2.39. The summed E-state index contributed by atoms with van der Waals surface area (Å²) in [5, 5.41) is 5.42. The van der Waals surface area contributed by atoms with E-state index in [0.29, 0.717) is 23.7 Å². The molecule has 8 heteroatoms. The maximum atomic E-state index is 11.9. The van der Waals surface area contributed by atoms with Gasteiger partial charge in [0.2, 0.25) is 0 Å². The van der Waals surface area contributed by atoms with E-state index in [1.807, 2.05) is 19.0 Å². The van der Waals surface area contributed by atoms with E-state index in [2.05, 4.69) is 10.6 Å². The molecule has 1 aliphatic carbocycles. The summed E-state index contributed by atoms with van der Waals surface area (Å²) in [6.45, 7) is 1.02. The minimum absolute atomic E-state index is 0.354. The van der Waals surface area contributed by atoms with Crippen LogP contribution in [0.25, 0.3) is 0 Å². The molecule has 1 aromatic heterocycles. The van der Waals surface area contributed by atoms with E-state index in [9.17, 15) is 14.4 Å². The number of amides is 3. The largest absolute Gasteiger partial charge is 0.365 e. The van der Waals surface area contributed by atoms with E-state index >= 15 is 0 Å². The van der Waals surface area contributed by atoms with Gasteiger partial charge in [-0.1, -0.05) is 0 Å². The summed E-state index contributed by atoms with van der Waals surface area (Å²) >= 11 is 1.33. The highest BCUT2D eigenvalue weighted by atomic mass is 32.1. The summed E-state index contributed by atoms with van der Waals surface area (Å²) in [7, 11) is 3.75. The molecule has 22 heavy (non-hydrogen) atoms. The number of carbonyl (C=O) groups is 3. The van der Waals surface area contributed by atoms with Crippen LogP contribution in [0, 0.1) is 0 Å². The van der Waals surface area contributed by atoms with Crippen LogP contribution in [0.3, 0.4) is 0 Å². The Morgan fingerprint density at radius 1 is 1.23 bits per heavy atom. The van der Waals surface area contributed by atoms with Crippen LogP contribution in [0.5, 0.6) is 0 Å². The molecule has 7 nitrogen and oxygen atoms in total. The summed E-state index contributed by atoms with van der Waals surface area (Å²) in [5.41, 5.74) is 6.68. The Hall–Kier alpha value is -1.93. The average Bonchev–Trinajstić information content (AvgIpc) is 2.97. The van der Waals surface area contributed by atoms with Gasteiger partial charge in [-0.25, -0.2) is 0 Å². The second-order valence-electron chi connectivity index (χ2n) is 5.44. The molecule has 0 radical (unpaired) electrons. The molecule has 0 fully saturated rings. The first kappa shape index (κ1) is 16.4. The van der Waals surface area contributed by atoms with E-state index in [4.69, 9.17) is 5.73 Å². The molecular weight excluding hydrogens is 304 g/mol. The molecule has 1 aliphatic rings. The third-order valence-corrected chi connectivity index (χ3v) is 4.65. The molecule has 2 rings (SSSR count). The van der Waals surface area contributed by atoms with Gasteiger partial charge < -0.3 is 21.3 Å². The molecule has 0 saturated carbocycles. The fourth-order valence-corrected chi connectivity index (χ4v) is 3.68. The predicted molar refractivity (Wildman–Crippen MR) is 85.1 cm³/mol. The van der Waals surface area contributed by atoms with Gasteiger partial charge in [-0.05, 0) is 38.9 Å². The monoisotopic (exact) mass is 324 g/mol. The molecule has 3 amide bonds. The van der Waals surface area contributed by atoms with Crippen molar-refractivity contribution in [3.63, 3.8) is 0 Å². The van der Waals surface area contributed by atoms with E-state index in [0.717, 1.165) is 29.7 Å². The first-order valence-electron chi connectivity index (χ1n) is 7.08. The number of aryl methyl sites for hydroxylation is 1. The van der Waals surface area contributed by atoms with Crippen molar-refractivity contribution in [2.24, 2.45) is 5.73 Å². The Bertz CT molecular complexity index is 609. The Labute approximate surface area is 132 Å². The van der Waals surface area contributed by atoms with Crippen LogP contribution >= 0.6 is 11.3 Å². The summed E-state index contributed by atoms with van der Waals surface area (Å²) in [5.74, 6) is -2.06. The topological polar surface area (TPSA) is 105 Å². The number of nitrogens with zero attached hydrogens (tertiary/aromatic N) is 1. The van der Waals surface area contributed by atoms with E-state index in [1.165, 1.54) is 11.3 Å². The van der Waals surface area contributed by atoms with Crippen LogP contribution in [-0.4, -0.2) is 49.8 Å². The molecule has 0 aromatic carbocycles. The molecule has 4 N–H and O–H groups in total. The Morgan fingerprint density at radius 3 is 2.59 bits per heavy atom. The average molecular weight is 324 g/mol. The van der Waals surface area contributed by atoms with Gasteiger partial charge >= 0.3 is 11.8 Å². The first-order chi connectivity index (χ1) is 10.4. The summed E-state index contributed by atoms with van der Waals surface area (Å²) < 4.78 is 0. The number of primary amides is 1. The molecule has 1 heterocycles. The van der Waals surface area contributed by atoms with Gasteiger partial charge in [-0.2, -0.15) is 0 Å². The Morgan fingerprint density at radius 2 is 1.95 bits per heavy atom. The van der Waals surface area contributed by atoms with Gasteiger partial charge in [0, 0.05) is 18.0 Å². The van der Waals surface area contributed by atoms with Crippen molar-refractivity contribution in [3.05, 3.63) is 16.0 Å². The maximum absolute atomic E-state index is 11.9. The second kappa shape index (κ2) is 6.89. The van der Waals surface area contributed by atoms with E-state index < -0.39 is 17.7 Å². The minimum atomic E-state index is -0.777. The normalized spacial score (nSPS) is 13.0. The number of likely N-dealkylation sites (N-methyl/N-ethyl adjacent to an activating group) is 1. The smallest absolute Gasteiger partial charge is 0.314 e. The summed E-state index contributed by atoms with van der Waals surface area (Å²) in [4.78, 5) is 38.2. The second-order valence-corrected chi connectivity index (χ2v) is 6.54. The third kappa shape index (κ3) is 3.63. The number of nitrogens with two attached hydrogens (primary N) is 1. The molecule has 0 atom stereocenters. The SMILES string of the molecule is CN(C)CCNC(=O)C(=O)Nc1sc2c(c1C(N)=O)CCC2. The lowest BCUT2D eigenvalue weighted by Gasteiger charge is -2.10. The molecule has 0 saturated heterocycles. The number of nitrogens with one attached hydrogen (secondary N) is 2. The van der Waals surface area contributed by atoms with Gasteiger partial charge in [0.1, 0.15) is 5.00 Å². The van der Waals surface area contributed by atoms with Crippen LogP contribution in [0.15, 0.2) is 0 Å². The van der Waals surface area contributed by atoms with Crippen molar-refractivity contribution in [1.82, 2.24) is 10.2 Å². The zero-order valence-corrected chi connectivity index (χ0v) is 13.5. The van der Waals surface area contributed by atoms with Crippen LogP contribution in [-0.2, 0) is 22.4 Å². The Kier molecular flexibility index (Phi) is 5.15. The highest BCUT2D eigenvalue weighted by Gasteiger charge is 2.27. The van der Waals surface area contributed by atoms with Gasteiger partial charge in [0.05, 0.1) is 5.56 Å². The van der Waals surface area contributed by atoms with Crippen molar-refractivity contribution in [3.8, 4) is 0 Å². The maximum Gasteiger partial charge on any atom is 0.314 e. The van der Waals surface area contributed by atoms with Crippen molar-refractivity contribution in [2.75, 3.05) is 32.5 Å². The number of carbonyl (C=O) groups excluding carboxylic acids is 3. The lowest BCUT2D eigenvalue weighted by molar-refractivity contribution is -0.136. The molecule has 0 bridgehead atoms. The van der Waals surface area contributed by atoms with Crippen LogP contribution in [0.2, 0.25) is 0 Å². The molecule has 1 aromatic rings. The fraction of sp³-hybridized carbons (Fsp3) is 0.500. The van der Waals surface area contributed by atoms with E-state index in [-0.39, 0.29) is 0 Å². The van der Waals surface area contributed by atoms with Crippen molar-refractivity contribution in [2.45, 2.75) is 19.3 Å². The highest BCUT2D eigenvalue weighted by molar-refractivity contribution is 7.17. The lowest BCUT2D eigenvalue weighted by Crippen LogP contribution is -2.38. The van der Waals surface area contributed by atoms with Gasteiger partial charge in [-0.15, -0.1) is 11.3 Å². The predicted octanol–water partition coefficient (Wildman–Crippen LogP) is -0.0480. The zero-order valence-electron chi connectivity index (χ0n) is 12.7. The van der Waals surface area contributed by atoms with Crippen molar-refractivity contribution in [1.29, 1.82) is 0 Å². The molecule has 0 unspecified atom stereocenters. The van der Waals surface area contributed by atoms with Gasteiger partial charge in [0.25, 0.3) is 5.91 Å². The number of fused-ring (bicyclic) bond motifs is 1. The lowest BCUT2D eigenvalue weighted by atomic mass is 10.1. The summed E-state index contributed by atoms with van der Waals surface area (Å²) in [6.07, 6.45) is 2.65. The highest BCUT2D eigenvalue weighted by Crippen LogP contribution is 2.38. The molecule has 120 valence electrons. The number of anilines is 1. The van der Waals surface area contributed by atoms with E-state index in [1.54, 1.807) is 0 Å². The number of hydrogen-bond donors (Lipinski definition) is 3. The van der Waals surface area contributed by atoms with Crippen LogP contribution in [0.1, 0.15) is 27.2 Å². The minimum Gasteiger partial charge on any atom is -0.365 e. The van der Waals surface area contributed by atoms with Crippen molar-refractivity contribution < 1.29 is 14.4 Å². The van der Waals surface area contributed by atoms with Crippen LogP contribution in [0.4, 0.5) is 5.00 Å². The van der Waals surface area contributed by atoms with Crippen molar-refractivity contribution >= 4 is 34.1 Å². The van der Waals surface area contributed by atoms with Crippen LogP contribution < -0.4 is 16.4 Å². The number of hydrogen-bond acceptors (Lipinski definition) is 5. The molecular formula is C14H20N4O3S. The first-order valence-corrected chi connectivity index (χ1v) is 7.90. The molecule has 0 aliphatic heterocycles. The third-order valence-electron chi connectivity index (χ3n) is 3.45. The quantitative estimate of drug-likeness (QED) is 0.661. The standard InChI is InChI=1S/C14H20N4O3S/c1-18(2)7-6-16-12(20)13(21)17-14-10(11(15)19)8-4-3-5-9(8)22-14/h3-7H2,1-2H3,(H2,15,19)(H,16,20)(H,17,21). The summed E-state index contributed by atoms with van der Waals surface area (Å²) in [6, 6.07) is 0. The number of thiophene rings is 1. The number of rotatable bonds is 5.